The summed E-state index contributed by atoms with van der Waals surface area (Å²) in [6, 6.07) is 34.6. The van der Waals surface area contributed by atoms with Gasteiger partial charge >= 0.3 is 20.4 Å². The van der Waals surface area contributed by atoms with Crippen LogP contribution in [-0.4, -0.2) is 86.4 Å². The average Bonchev–Trinajstić information content (AvgIpc) is 3.76. The zero-order valence-electron chi connectivity index (χ0n) is 36.9. The molecule has 3 aliphatic heterocycles. The monoisotopic (exact) mass is 981 g/mol. The van der Waals surface area contributed by atoms with Crippen LogP contribution < -0.4 is 23.8 Å². The van der Waals surface area contributed by atoms with Crippen LogP contribution in [0.4, 0.5) is 17.2 Å². The van der Waals surface area contributed by atoms with E-state index >= 15 is 0 Å². The predicted molar refractivity (Wildman–Crippen MR) is 266 cm³/mol. The molecule has 350 valence electrons. The van der Waals surface area contributed by atoms with Gasteiger partial charge in [-0.1, -0.05) is 65.7 Å². The number of hydrogen-bond donors (Lipinski definition) is 1. The minimum Gasteiger partial charge on any atom is -0.494 e. The van der Waals surface area contributed by atoms with Crippen LogP contribution in [0.5, 0.6) is 11.5 Å². The molecule has 13 nitrogen and oxygen atoms in total. The first-order valence-electron chi connectivity index (χ1n) is 22.7. The van der Waals surface area contributed by atoms with Gasteiger partial charge in [0.2, 0.25) is 0 Å². The lowest BCUT2D eigenvalue weighted by Gasteiger charge is -2.31. The summed E-state index contributed by atoms with van der Waals surface area (Å²) in [6.45, 7) is 1.06. The molecular formula is C50H53Cl2N7O6S2. The fraction of sp³-hybridized carbons (Fsp3) is 0.320. The second-order valence-electron chi connectivity index (χ2n) is 17.1. The van der Waals surface area contributed by atoms with Gasteiger partial charge in [0, 0.05) is 54.3 Å². The highest BCUT2D eigenvalue weighted by atomic mass is 35.5. The fourth-order valence-corrected chi connectivity index (χ4v) is 13.3. The van der Waals surface area contributed by atoms with Gasteiger partial charge < -0.3 is 15.2 Å². The smallest absolute Gasteiger partial charge is 0.304 e. The van der Waals surface area contributed by atoms with Gasteiger partial charge in [-0.15, -0.1) is 0 Å². The van der Waals surface area contributed by atoms with Crippen molar-refractivity contribution >= 4 is 60.8 Å². The number of aryl methyl sites for hydroxylation is 1. The number of rotatable bonds is 17. The molecule has 17 heteroatoms. The Morgan fingerprint density at radius 3 is 2.00 bits per heavy atom. The maximum Gasteiger partial charge on any atom is 0.304 e. The zero-order chi connectivity index (χ0) is 46.5. The minimum absolute atomic E-state index is 0.0226. The molecule has 0 aliphatic carbocycles. The van der Waals surface area contributed by atoms with Crippen LogP contribution in [0.3, 0.4) is 0 Å². The number of pyridine rings is 2. The summed E-state index contributed by atoms with van der Waals surface area (Å²) in [5.41, 5.74) is 12.3. The fourth-order valence-electron chi connectivity index (χ4n) is 9.30. The van der Waals surface area contributed by atoms with Crippen LogP contribution in [0.25, 0.3) is 22.3 Å². The molecule has 0 bridgehead atoms. The van der Waals surface area contributed by atoms with E-state index in [0.29, 0.717) is 53.7 Å². The first-order valence-corrected chi connectivity index (χ1v) is 26.2. The number of aromatic nitrogens is 2. The molecule has 2 N–H and O–H groups in total. The molecule has 4 aromatic carbocycles. The molecule has 0 saturated carbocycles. The van der Waals surface area contributed by atoms with E-state index in [1.54, 1.807) is 30.6 Å². The van der Waals surface area contributed by atoms with Crippen molar-refractivity contribution in [3.63, 3.8) is 0 Å². The normalized spacial score (nSPS) is 20.1. The molecule has 6 aromatic rings. The number of ether oxygens (including phenoxy) is 2. The third kappa shape index (κ3) is 10.5. The summed E-state index contributed by atoms with van der Waals surface area (Å²) in [6.07, 6.45) is 10.4. The standard InChI is InChI=1S/C50H53Cl2N7O6S2/c51-41-15-7-36(8-16-41)37-11-19-45(20-12-37)64-31-5-1-3-30-57-47(35-58(67(57,62)63)44-25-28-55-50(53)33-44)48-34-56(66(60,61)59(48)43-23-26-54-27-24-43)29-4-2-6-46-21-13-40-32-39(14-22-49(40)65-46)38-9-17-42(52)18-10-38/h7-12,14-20,22-28,32-33,46-48H,1-6,13,21,29-31,34-35H2,(H2,53,55). The Morgan fingerprint density at radius 1 is 0.657 bits per heavy atom. The highest BCUT2D eigenvalue weighted by molar-refractivity contribution is 7.91. The summed E-state index contributed by atoms with van der Waals surface area (Å²) < 4.78 is 76.7. The number of nitrogen functional groups attached to an aromatic ring is 1. The van der Waals surface area contributed by atoms with E-state index in [0.717, 1.165) is 59.4 Å². The first-order chi connectivity index (χ1) is 32.4. The number of halogens is 2. The van der Waals surface area contributed by atoms with Gasteiger partial charge in [0.1, 0.15) is 17.3 Å². The Labute approximate surface area is 403 Å². The molecule has 0 amide bonds. The number of anilines is 3. The van der Waals surface area contributed by atoms with Gasteiger partial charge in [-0.25, -0.2) is 4.98 Å². The Bertz CT molecular complexity index is 2860. The summed E-state index contributed by atoms with van der Waals surface area (Å²) in [4.78, 5) is 8.23. The molecule has 2 fully saturated rings. The number of unbranched alkanes of at least 4 members (excludes halogenated alkanes) is 3. The minimum atomic E-state index is -4.11. The number of hydrogen-bond acceptors (Lipinski definition) is 9. The first kappa shape index (κ1) is 46.7. The second kappa shape index (κ2) is 20.4. The van der Waals surface area contributed by atoms with Crippen LogP contribution in [-0.2, 0) is 26.8 Å². The maximum atomic E-state index is 14.6. The Morgan fingerprint density at radius 2 is 1.30 bits per heavy atom. The van der Waals surface area contributed by atoms with Crippen molar-refractivity contribution in [2.45, 2.75) is 69.6 Å². The summed E-state index contributed by atoms with van der Waals surface area (Å²) in [5, 5.41) is 1.38. The van der Waals surface area contributed by atoms with Crippen molar-refractivity contribution in [2.75, 3.05) is 47.1 Å². The second-order valence-corrected chi connectivity index (χ2v) is 21.6. The van der Waals surface area contributed by atoms with Crippen LogP contribution in [0.1, 0.15) is 50.5 Å². The van der Waals surface area contributed by atoms with Gasteiger partial charge in [0.05, 0.1) is 42.7 Å². The van der Waals surface area contributed by atoms with Crippen molar-refractivity contribution < 1.29 is 26.3 Å². The third-order valence-corrected chi connectivity index (χ3v) is 17.2. The number of nitrogens with two attached hydrogens (primary N) is 1. The van der Waals surface area contributed by atoms with Crippen molar-refractivity contribution in [2.24, 2.45) is 0 Å². The van der Waals surface area contributed by atoms with Gasteiger partial charge in [-0.3, -0.25) is 13.6 Å². The van der Waals surface area contributed by atoms with Gasteiger partial charge in [-0.2, -0.15) is 25.4 Å². The average molecular weight is 983 g/mol. The molecule has 2 aromatic heterocycles. The Hall–Kier alpha value is -5.42. The SMILES string of the molecule is Nc1cc(N2CC(C3CN(CCCCC4CCc5cc(-c6ccc(Cl)cc6)ccc5O4)S(=O)(=O)N3c3ccncc3)N(CCCCCOc3ccc(-c4ccc(Cl)cc4)cc3)S2(=O)=O)ccn1. The lowest BCUT2D eigenvalue weighted by atomic mass is 9.95. The van der Waals surface area contributed by atoms with Crippen molar-refractivity contribution in [1.82, 2.24) is 18.6 Å². The van der Waals surface area contributed by atoms with Gasteiger partial charge in [0.25, 0.3) is 0 Å². The molecule has 2 saturated heterocycles. The molecule has 5 heterocycles. The topological polar surface area (TPSA) is 152 Å². The van der Waals surface area contributed by atoms with E-state index in [-0.39, 0.29) is 38.1 Å². The number of fused-ring (bicyclic) bond motifs is 1. The number of benzene rings is 4. The lowest BCUT2D eigenvalue weighted by Crippen LogP contribution is -2.50. The van der Waals surface area contributed by atoms with Crippen LogP contribution >= 0.6 is 23.2 Å². The zero-order valence-corrected chi connectivity index (χ0v) is 40.1. The van der Waals surface area contributed by atoms with Crippen molar-refractivity contribution in [1.29, 1.82) is 0 Å². The van der Waals surface area contributed by atoms with E-state index in [9.17, 15) is 16.8 Å². The van der Waals surface area contributed by atoms with Crippen molar-refractivity contribution in [3.05, 3.63) is 149 Å². The largest absolute Gasteiger partial charge is 0.494 e. The summed E-state index contributed by atoms with van der Waals surface area (Å²) in [5.74, 6) is 1.81. The van der Waals surface area contributed by atoms with E-state index in [1.165, 1.54) is 35.0 Å². The van der Waals surface area contributed by atoms with E-state index in [1.807, 2.05) is 78.9 Å². The molecule has 67 heavy (non-hydrogen) atoms. The Balaban J connectivity index is 0.856. The predicted octanol–water partition coefficient (Wildman–Crippen LogP) is 9.68. The molecular weight excluding hydrogens is 930 g/mol. The summed E-state index contributed by atoms with van der Waals surface area (Å²) in [7, 11) is -8.17. The molecule has 3 aliphatic rings. The lowest BCUT2D eigenvalue weighted by molar-refractivity contribution is 0.160. The number of nitrogens with zero attached hydrogens (tertiary/aromatic N) is 6. The maximum absolute atomic E-state index is 14.6. The molecule has 0 radical (unpaired) electrons. The van der Waals surface area contributed by atoms with Crippen molar-refractivity contribution in [3.8, 4) is 33.8 Å². The van der Waals surface area contributed by atoms with Crippen LogP contribution in [0, 0.1) is 0 Å². The van der Waals surface area contributed by atoms with Gasteiger partial charge in [0.15, 0.2) is 0 Å². The van der Waals surface area contributed by atoms with E-state index in [4.69, 9.17) is 38.4 Å². The van der Waals surface area contributed by atoms with E-state index in [2.05, 4.69) is 22.1 Å². The molecule has 3 unspecified atom stereocenters. The Kier molecular flexibility index (Phi) is 14.2. The van der Waals surface area contributed by atoms with Crippen LogP contribution in [0.2, 0.25) is 10.0 Å². The molecule has 0 spiro atoms. The quantitative estimate of drug-likeness (QED) is 0.0881. The molecule has 9 rings (SSSR count). The van der Waals surface area contributed by atoms with Gasteiger partial charge in [-0.05, 0) is 146 Å². The van der Waals surface area contributed by atoms with E-state index < -0.39 is 32.5 Å². The molecule has 3 atom stereocenters. The third-order valence-electron chi connectivity index (χ3n) is 12.8. The highest BCUT2D eigenvalue weighted by Crippen LogP contribution is 2.39. The highest BCUT2D eigenvalue weighted by Gasteiger charge is 2.55. The van der Waals surface area contributed by atoms with Crippen LogP contribution in [0.15, 0.2) is 134 Å². The summed E-state index contributed by atoms with van der Waals surface area (Å²) >= 11 is 12.2.